The first-order chi connectivity index (χ1) is 5.55. The molecule has 0 aromatic heterocycles. The van der Waals surface area contributed by atoms with Gasteiger partial charge in [-0.25, -0.2) is 0 Å². The van der Waals surface area contributed by atoms with Gasteiger partial charge in [-0.3, -0.25) is 5.73 Å². The molecule has 0 spiro atoms. The van der Waals surface area contributed by atoms with Crippen LogP contribution < -0.4 is 5.73 Å². The van der Waals surface area contributed by atoms with E-state index in [1.54, 1.807) is 12.1 Å². The van der Waals surface area contributed by atoms with Crippen molar-refractivity contribution in [3.8, 4) is 0 Å². The van der Waals surface area contributed by atoms with E-state index in [0.29, 0.717) is 5.56 Å². The second kappa shape index (κ2) is 3.23. The van der Waals surface area contributed by atoms with Crippen molar-refractivity contribution in [3.05, 3.63) is 35.4 Å². The Labute approximate surface area is 71.5 Å². The van der Waals surface area contributed by atoms with E-state index < -0.39 is 5.91 Å². The van der Waals surface area contributed by atoms with E-state index in [1.807, 2.05) is 19.1 Å². The van der Waals surface area contributed by atoms with Crippen molar-refractivity contribution in [2.24, 2.45) is 5.73 Å². The van der Waals surface area contributed by atoms with E-state index in [2.05, 4.69) is 0 Å². The predicted molar refractivity (Wildman–Crippen MR) is 46.1 cm³/mol. The first-order valence-corrected chi connectivity index (χ1v) is 3.87. The lowest BCUT2D eigenvalue weighted by molar-refractivity contribution is -0.164. The quantitative estimate of drug-likeness (QED) is 0.555. The van der Waals surface area contributed by atoms with Crippen molar-refractivity contribution < 1.29 is 10.2 Å². The number of nitrogens with two attached hydrogens (primary N) is 1. The highest BCUT2D eigenvalue weighted by Crippen LogP contribution is 2.17. The Morgan fingerprint density at radius 2 is 1.92 bits per heavy atom. The third kappa shape index (κ3) is 1.82. The molecular formula is C9H13NO2. The van der Waals surface area contributed by atoms with Gasteiger partial charge in [-0.2, -0.15) is 0 Å². The Kier molecular flexibility index (Phi) is 2.47. The van der Waals surface area contributed by atoms with E-state index in [1.165, 1.54) is 0 Å². The van der Waals surface area contributed by atoms with Crippen molar-refractivity contribution in [2.75, 3.05) is 0 Å². The standard InChI is InChI=1S/C9H13NO2/c1-2-7-5-3-4-6-8(7)9(10,11)12/h3-6,11-12H,2,10H2,1H3. The second-order valence-electron chi connectivity index (χ2n) is 2.74. The summed E-state index contributed by atoms with van der Waals surface area (Å²) in [7, 11) is 0. The van der Waals surface area contributed by atoms with Crippen molar-refractivity contribution in [3.63, 3.8) is 0 Å². The Morgan fingerprint density at radius 3 is 2.33 bits per heavy atom. The average molecular weight is 167 g/mol. The first-order valence-electron chi connectivity index (χ1n) is 3.87. The fourth-order valence-electron chi connectivity index (χ4n) is 1.19. The van der Waals surface area contributed by atoms with Crippen molar-refractivity contribution in [1.29, 1.82) is 0 Å². The topological polar surface area (TPSA) is 66.5 Å². The molecule has 1 rings (SSSR count). The van der Waals surface area contributed by atoms with Crippen LogP contribution in [0.25, 0.3) is 0 Å². The molecule has 66 valence electrons. The number of hydrogen-bond donors (Lipinski definition) is 3. The molecule has 0 fully saturated rings. The normalized spacial score (nSPS) is 11.7. The molecular weight excluding hydrogens is 154 g/mol. The van der Waals surface area contributed by atoms with Gasteiger partial charge < -0.3 is 10.2 Å². The van der Waals surface area contributed by atoms with Crippen LogP contribution in [0.3, 0.4) is 0 Å². The van der Waals surface area contributed by atoms with Gasteiger partial charge in [0.2, 0.25) is 5.91 Å². The minimum atomic E-state index is -2.22. The highest BCUT2D eigenvalue weighted by atomic mass is 16.5. The molecule has 0 saturated heterocycles. The van der Waals surface area contributed by atoms with Crippen LogP contribution in [0.5, 0.6) is 0 Å². The predicted octanol–water partition coefficient (Wildman–Crippen LogP) is 0.303. The van der Waals surface area contributed by atoms with Crippen molar-refractivity contribution in [2.45, 2.75) is 19.3 Å². The molecule has 1 aromatic rings. The molecule has 4 N–H and O–H groups in total. The number of aryl methyl sites for hydroxylation is 1. The van der Waals surface area contributed by atoms with E-state index in [-0.39, 0.29) is 0 Å². The first kappa shape index (κ1) is 9.19. The van der Waals surface area contributed by atoms with Crippen molar-refractivity contribution in [1.82, 2.24) is 0 Å². The van der Waals surface area contributed by atoms with Crippen LogP contribution in [0.1, 0.15) is 18.1 Å². The lowest BCUT2D eigenvalue weighted by Crippen LogP contribution is -2.36. The van der Waals surface area contributed by atoms with E-state index in [9.17, 15) is 0 Å². The average Bonchev–Trinajstić information content (AvgIpc) is 2.03. The fraction of sp³-hybridized carbons (Fsp3) is 0.333. The maximum absolute atomic E-state index is 9.13. The maximum Gasteiger partial charge on any atom is 0.248 e. The SMILES string of the molecule is CCc1ccccc1C(N)(O)O. The van der Waals surface area contributed by atoms with Crippen molar-refractivity contribution >= 4 is 0 Å². The minimum absolute atomic E-state index is 0.368. The summed E-state index contributed by atoms with van der Waals surface area (Å²) in [4.78, 5) is 0. The van der Waals surface area contributed by atoms with Gasteiger partial charge in [-0.05, 0) is 12.0 Å². The number of aliphatic hydroxyl groups is 2. The Hall–Kier alpha value is -0.900. The molecule has 3 nitrogen and oxygen atoms in total. The zero-order chi connectivity index (χ0) is 9.19. The molecule has 0 unspecified atom stereocenters. The Morgan fingerprint density at radius 1 is 1.33 bits per heavy atom. The van der Waals surface area contributed by atoms with Gasteiger partial charge in [0, 0.05) is 5.56 Å². The summed E-state index contributed by atoms with van der Waals surface area (Å²) in [6.07, 6.45) is 0.732. The van der Waals surface area contributed by atoms with Gasteiger partial charge in [0.1, 0.15) is 0 Å². The molecule has 0 aliphatic carbocycles. The van der Waals surface area contributed by atoms with Gasteiger partial charge in [0.25, 0.3) is 0 Å². The van der Waals surface area contributed by atoms with Crippen LogP contribution in [-0.4, -0.2) is 10.2 Å². The molecule has 12 heavy (non-hydrogen) atoms. The number of rotatable bonds is 2. The van der Waals surface area contributed by atoms with Gasteiger partial charge in [0.15, 0.2) is 0 Å². The number of hydrogen-bond acceptors (Lipinski definition) is 3. The Bertz CT molecular complexity index is 265. The summed E-state index contributed by atoms with van der Waals surface area (Å²) in [6, 6.07) is 7.00. The van der Waals surface area contributed by atoms with E-state index >= 15 is 0 Å². The molecule has 0 amide bonds. The third-order valence-electron chi connectivity index (χ3n) is 1.79. The molecule has 0 aliphatic heterocycles. The molecule has 0 aliphatic rings. The highest BCUT2D eigenvalue weighted by Gasteiger charge is 2.21. The monoisotopic (exact) mass is 167 g/mol. The van der Waals surface area contributed by atoms with Gasteiger partial charge >= 0.3 is 0 Å². The zero-order valence-electron chi connectivity index (χ0n) is 6.99. The lowest BCUT2D eigenvalue weighted by Gasteiger charge is -2.18. The van der Waals surface area contributed by atoms with Crippen LogP contribution in [-0.2, 0) is 12.3 Å². The second-order valence-corrected chi connectivity index (χ2v) is 2.74. The molecule has 3 heteroatoms. The van der Waals surface area contributed by atoms with Crippen LogP contribution in [0, 0.1) is 0 Å². The fourth-order valence-corrected chi connectivity index (χ4v) is 1.19. The summed E-state index contributed by atoms with van der Waals surface area (Å²) in [5.41, 5.74) is 6.36. The molecule has 1 aromatic carbocycles. The highest BCUT2D eigenvalue weighted by molar-refractivity contribution is 5.29. The zero-order valence-corrected chi connectivity index (χ0v) is 6.99. The number of benzene rings is 1. The van der Waals surface area contributed by atoms with E-state index in [4.69, 9.17) is 15.9 Å². The molecule has 0 radical (unpaired) electrons. The molecule has 0 heterocycles. The van der Waals surface area contributed by atoms with E-state index in [0.717, 1.165) is 12.0 Å². The molecule has 0 atom stereocenters. The van der Waals surface area contributed by atoms with Crippen LogP contribution in [0.4, 0.5) is 0 Å². The maximum atomic E-state index is 9.13. The minimum Gasteiger partial charge on any atom is -0.350 e. The summed E-state index contributed by atoms with van der Waals surface area (Å²) in [5.74, 6) is -2.22. The van der Waals surface area contributed by atoms with Crippen LogP contribution in [0.2, 0.25) is 0 Å². The van der Waals surface area contributed by atoms with Gasteiger partial charge in [-0.1, -0.05) is 31.2 Å². The van der Waals surface area contributed by atoms with Crippen LogP contribution in [0.15, 0.2) is 24.3 Å². The van der Waals surface area contributed by atoms with Gasteiger partial charge in [-0.15, -0.1) is 0 Å². The smallest absolute Gasteiger partial charge is 0.248 e. The van der Waals surface area contributed by atoms with Crippen LogP contribution >= 0.6 is 0 Å². The molecule has 0 bridgehead atoms. The summed E-state index contributed by atoms with van der Waals surface area (Å²) in [6.45, 7) is 1.94. The summed E-state index contributed by atoms with van der Waals surface area (Å²) < 4.78 is 0. The largest absolute Gasteiger partial charge is 0.350 e. The lowest BCUT2D eigenvalue weighted by atomic mass is 10.0. The summed E-state index contributed by atoms with van der Waals surface area (Å²) in [5, 5.41) is 18.3. The summed E-state index contributed by atoms with van der Waals surface area (Å²) >= 11 is 0. The Balaban J connectivity index is 3.14. The molecule has 0 saturated carbocycles. The van der Waals surface area contributed by atoms with Gasteiger partial charge in [0.05, 0.1) is 0 Å². The third-order valence-corrected chi connectivity index (χ3v) is 1.79.